The van der Waals surface area contributed by atoms with Gasteiger partial charge in [0.05, 0.1) is 11.4 Å². The van der Waals surface area contributed by atoms with Crippen LogP contribution in [0.3, 0.4) is 0 Å². The third-order valence-electron chi connectivity index (χ3n) is 10.0. The zero-order chi connectivity index (χ0) is 33.6. The fourth-order valence-electron chi connectivity index (χ4n) is 7.60. The molecular formula is C48H36N2. The summed E-state index contributed by atoms with van der Waals surface area (Å²) in [5.41, 5.74) is 9.37. The number of rotatable bonds is 6. The van der Waals surface area contributed by atoms with Crippen molar-refractivity contribution in [2.75, 3.05) is 9.80 Å². The van der Waals surface area contributed by atoms with Gasteiger partial charge >= 0.3 is 0 Å². The maximum absolute atomic E-state index is 2.48. The van der Waals surface area contributed by atoms with Gasteiger partial charge in [-0.1, -0.05) is 146 Å². The summed E-state index contributed by atoms with van der Waals surface area (Å²) in [6.07, 6.45) is 0. The third-order valence-corrected chi connectivity index (χ3v) is 10.0. The first-order valence-electron chi connectivity index (χ1n) is 17.3. The summed E-state index contributed by atoms with van der Waals surface area (Å²) in [6.45, 7) is 4.42. The highest BCUT2D eigenvalue weighted by Gasteiger charge is 2.26. The first-order valence-corrected chi connectivity index (χ1v) is 17.3. The van der Waals surface area contributed by atoms with Crippen molar-refractivity contribution in [1.29, 1.82) is 0 Å². The fourth-order valence-corrected chi connectivity index (χ4v) is 7.60. The van der Waals surface area contributed by atoms with E-state index < -0.39 is 0 Å². The average molecular weight is 641 g/mol. The molecule has 0 heterocycles. The number of aryl methyl sites for hydroxylation is 2. The lowest BCUT2D eigenvalue weighted by molar-refractivity contribution is 1.26. The van der Waals surface area contributed by atoms with Gasteiger partial charge in [0.2, 0.25) is 0 Å². The van der Waals surface area contributed by atoms with E-state index in [1.54, 1.807) is 0 Å². The van der Waals surface area contributed by atoms with Crippen LogP contribution in [0.4, 0.5) is 34.1 Å². The van der Waals surface area contributed by atoms with Crippen LogP contribution in [0.5, 0.6) is 0 Å². The summed E-state index contributed by atoms with van der Waals surface area (Å²) in [7, 11) is 0. The van der Waals surface area contributed by atoms with E-state index in [1.807, 2.05) is 0 Å². The Balaban J connectivity index is 1.41. The summed E-state index contributed by atoms with van der Waals surface area (Å²) in [4.78, 5) is 4.95. The second-order valence-electron chi connectivity index (χ2n) is 13.1. The molecule has 238 valence electrons. The predicted octanol–water partition coefficient (Wildman–Crippen LogP) is 13.9. The Labute approximate surface area is 293 Å². The summed E-state index contributed by atoms with van der Waals surface area (Å²) in [6, 6.07) is 66.3. The van der Waals surface area contributed by atoms with E-state index in [1.165, 1.54) is 65.6 Å². The number of hydrogen-bond donors (Lipinski definition) is 0. The molecular weight excluding hydrogens is 605 g/mol. The van der Waals surface area contributed by atoms with Gasteiger partial charge in [0.1, 0.15) is 0 Å². The molecule has 0 spiro atoms. The van der Waals surface area contributed by atoms with Crippen LogP contribution >= 0.6 is 0 Å². The molecule has 2 heteroatoms. The molecule has 50 heavy (non-hydrogen) atoms. The van der Waals surface area contributed by atoms with E-state index in [-0.39, 0.29) is 0 Å². The van der Waals surface area contributed by atoms with Crippen molar-refractivity contribution >= 4 is 77.2 Å². The van der Waals surface area contributed by atoms with Crippen LogP contribution in [-0.4, -0.2) is 0 Å². The SMILES string of the molecule is Cc1ccccc1N(c1ccc2ccccc2c1)c1c2ccccc2c(N(c2ccc3ccccc3c2)c2ccccc2C)c2ccccc12. The Morgan fingerprint density at radius 1 is 0.300 bits per heavy atom. The van der Waals surface area contributed by atoms with E-state index in [2.05, 4.69) is 206 Å². The monoisotopic (exact) mass is 640 g/mol. The highest BCUT2D eigenvalue weighted by atomic mass is 15.2. The second-order valence-corrected chi connectivity index (χ2v) is 13.1. The third kappa shape index (κ3) is 4.96. The first-order chi connectivity index (χ1) is 24.7. The molecule has 9 rings (SSSR count). The van der Waals surface area contributed by atoms with Crippen molar-refractivity contribution in [3.8, 4) is 0 Å². The minimum atomic E-state index is 1.13. The number of nitrogens with zero attached hydrogens (tertiary/aromatic N) is 2. The zero-order valence-electron chi connectivity index (χ0n) is 28.2. The van der Waals surface area contributed by atoms with Gasteiger partial charge in [-0.05, 0) is 82.9 Å². The van der Waals surface area contributed by atoms with Gasteiger partial charge in [-0.25, -0.2) is 0 Å². The van der Waals surface area contributed by atoms with Crippen molar-refractivity contribution < 1.29 is 0 Å². The molecule has 0 aliphatic carbocycles. The zero-order valence-corrected chi connectivity index (χ0v) is 28.2. The van der Waals surface area contributed by atoms with Gasteiger partial charge in [-0.3, -0.25) is 0 Å². The van der Waals surface area contributed by atoms with Crippen molar-refractivity contribution in [2.45, 2.75) is 13.8 Å². The Morgan fingerprint density at radius 2 is 0.620 bits per heavy atom. The summed E-state index contributed by atoms with van der Waals surface area (Å²) >= 11 is 0. The Bertz CT molecular complexity index is 2460. The fraction of sp³-hybridized carbons (Fsp3) is 0.0417. The molecule has 2 nitrogen and oxygen atoms in total. The van der Waals surface area contributed by atoms with Gasteiger partial charge in [0, 0.05) is 44.3 Å². The number of benzene rings is 9. The van der Waals surface area contributed by atoms with E-state index >= 15 is 0 Å². The molecule has 0 N–H and O–H groups in total. The molecule has 9 aromatic rings. The Kier molecular flexibility index (Phi) is 7.29. The van der Waals surface area contributed by atoms with E-state index in [4.69, 9.17) is 0 Å². The molecule has 0 radical (unpaired) electrons. The minimum Gasteiger partial charge on any atom is -0.309 e. The molecule has 0 fully saturated rings. The number of hydrogen-bond acceptors (Lipinski definition) is 2. The van der Waals surface area contributed by atoms with Crippen molar-refractivity contribution in [2.24, 2.45) is 0 Å². The minimum absolute atomic E-state index is 1.13. The van der Waals surface area contributed by atoms with E-state index in [0.29, 0.717) is 0 Å². The van der Waals surface area contributed by atoms with Crippen LogP contribution in [-0.2, 0) is 0 Å². The Morgan fingerprint density at radius 3 is 1.00 bits per heavy atom. The predicted molar refractivity (Wildman–Crippen MR) is 215 cm³/mol. The van der Waals surface area contributed by atoms with Gasteiger partial charge < -0.3 is 9.80 Å². The van der Waals surface area contributed by atoms with Crippen LogP contribution in [0.25, 0.3) is 43.1 Å². The first kappa shape index (κ1) is 29.7. The van der Waals surface area contributed by atoms with Crippen LogP contribution in [0.2, 0.25) is 0 Å². The van der Waals surface area contributed by atoms with Crippen molar-refractivity contribution in [3.63, 3.8) is 0 Å². The molecule has 0 aromatic heterocycles. The number of para-hydroxylation sites is 2. The second kappa shape index (κ2) is 12.3. The average Bonchev–Trinajstić information content (AvgIpc) is 3.17. The molecule has 9 aromatic carbocycles. The number of fused-ring (bicyclic) bond motifs is 4. The smallest absolute Gasteiger partial charge is 0.0620 e. The van der Waals surface area contributed by atoms with Crippen LogP contribution in [0.1, 0.15) is 11.1 Å². The Hall–Kier alpha value is -6.38. The van der Waals surface area contributed by atoms with E-state index in [9.17, 15) is 0 Å². The van der Waals surface area contributed by atoms with Gasteiger partial charge in [-0.15, -0.1) is 0 Å². The van der Waals surface area contributed by atoms with Crippen molar-refractivity contribution in [3.05, 3.63) is 193 Å². The lowest BCUT2D eigenvalue weighted by atomic mass is 9.94. The topological polar surface area (TPSA) is 6.48 Å². The van der Waals surface area contributed by atoms with Crippen LogP contribution in [0.15, 0.2) is 182 Å². The quantitative estimate of drug-likeness (QED) is 0.132. The van der Waals surface area contributed by atoms with Gasteiger partial charge in [-0.2, -0.15) is 0 Å². The van der Waals surface area contributed by atoms with Crippen LogP contribution < -0.4 is 9.80 Å². The normalized spacial score (nSPS) is 11.4. The maximum atomic E-state index is 2.48. The molecule has 0 bridgehead atoms. The highest BCUT2D eigenvalue weighted by Crippen LogP contribution is 2.52. The van der Waals surface area contributed by atoms with Gasteiger partial charge in [0.15, 0.2) is 0 Å². The standard InChI is InChI=1S/C48H36N2/c1-33-15-3-13-25-45(33)49(39-29-27-35-17-5-7-19-37(35)31-39)47-41-21-9-11-23-43(41)48(44-24-12-10-22-42(44)47)50(46-26-14-4-16-34(46)2)40-30-28-36-18-6-8-20-38(36)32-40/h3-32H,1-2H3. The highest BCUT2D eigenvalue weighted by molar-refractivity contribution is 6.23. The lowest BCUT2D eigenvalue weighted by Gasteiger charge is -2.34. The number of anilines is 6. The van der Waals surface area contributed by atoms with Crippen molar-refractivity contribution in [1.82, 2.24) is 0 Å². The summed E-state index contributed by atoms with van der Waals surface area (Å²) < 4.78 is 0. The molecule has 0 aliphatic heterocycles. The molecule has 0 saturated carbocycles. The van der Waals surface area contributed by atoms with Crippen LogP contribution in [0, 0.1) is 13.8 Å². The molecule has 0 unspecified atom stereocenters. The molecule has 0 amide bonds. The molecule has 0 saturated heterocycles. The van der Waals surface area contributed by atoms with Gasteiger partial charge in [0.25, 0.3) is 0 Å². The van der Waals surface area contributed by atoms with E-state index in [0.717, 1.165) is 22.7 Å². The summed E-state index contributed by atoms with van der Waals surface area (Å²) in [5.74, 6) is 0. The summed E-state index contributed by atoms with van der Waals surface area (Å²) in [5, 5.41) is 9.67. The lowest BCUT2D eigenvalue weighted by Crippen LogP contribution is -2.15. The largest absolute Gasteiger partial charge is 0.309 e. The molecule has 0 aliphatic rings. The molecule has 0 atom stereocenters. The maximum Gasteiger partial charge on any atom is 0.0620 e.